The summed E-state index contributed by atoms with van der Waals surface area (Å²) in [5.41, 5.74) is 2.00. The van der Waals surface area contributed by atoms with E-state index in [4.69, 9.17) is 0 Å². The van der Waals surface area contributed by atoms with Crippen LogP contribution in [0.5, 0.6) is 0 Å². The molecule has 1 aliphatic heterocycles. The highest BCUT2D eigenvalue weighted by Gasteiger charge is 2.17. The molecule has 0 spiro atoms. The Balaban J connectivity index is 0.000000184. The Morgan fingerprint density at radius 2 is 1.94 bits per heavy atom. The number of hydrogen-bond donors (Lipinski definition) is 0. The molecule has 0 atom stereocenters. The molecule has 0 fully saturated rings. The van der Waals surface area contributed by atoms with Crippen LogP contribution in [0.3, 0.4) is 0 Å². The molecule has 0 amide bonds. The maximum Gasteiger partial charge on any atom is 0.220 e. The van der Waals surface area contributed by atoms with Crippen LogP contribution in [0.25, 0.3) is 6.08 Å². The molecule has 0 aromatic heterocycles. The minimum Gasteiger partial charge on any atom is -0.282 e. The van der Waals surface area contributed by atoms with E-state index in [1.807, 2.05) is 42.5 Å². The fourth-order valence-corrected chi connectivity index (χ4v) is 2.91. The highest BCUT2D eigenvalue weighted by molar-refractivity contribution is 9.11. The fraction of sp³-hybridized carbons (Fsp3) is 0.0714. The highest BCUT2D eigenvalue weighted by Crippen LogP contribution is 2.31. The van der Waals surface area contributed by atoms with Gasteiger partial charge in [0.15, 0.2) is 0 Å². The van der Waals surface area contributed by atoms with Crippen LogP contribution in [-0.2, 0) is 4.79 Å². The molecule has 2 rings (SSSR count). The Morgan fingerprint density at radius 1 is 1.28 bits per heavy atom. The molecule has 0 bridgehead atoms. The van der Waals surface area contributed by atoms with Crippen molar-refractivity contribution in [2.24, 2.45) is 0 Å². The molecule has 4 heteroatoms. The smallest absolute Gasteiger partial charge is 0.220 e. The van der Waals surface area contributed by atoms with Gasteiger partial charge < -0.3 is 0 Å². The van der Waals surface area contributed by atoms with Crippen molar-refractivity contribution < 1.29 is 4.79 Å². The molecule has 0 aliphatic carbocycles. The number of thioether (sulfide) groups is 1. The number of hydrogen-bond acceptors (Lipinski definition) is 2. The average molecular weight is 388 g/mol. The lowest BCUT2D eigenvalue weighted by Crippen LogP contribution is -1.90. The summed E-state index contributed by atoms with van der Waals surface area (Å²) in [6.45, 7) is 3.63. The predicted octanol–water partition coefficient (Wildman–Crippen LogP) is 5.15. The van der Waals surface area contributed by atoms with Gasteiger partial charge in [-0.1, -0.05) is 74.8 Å². The Morgan fingerprint density at radius 3 is 2.28 bits per heavy atom. The van der Waals surface area contributed by atoms with Gasteiger partial charge in [0.2, 0.25) is 5.12 Å². The van der Waals surface area contributed by atoms with Crippen LogP contribution < -0.4 is 0 Å². The van der Waals surface area contributed by atoms with Gasteiger partial charge in [-0.2, -0.15) is 0 Å². The molecule has 1 nitrogen and oxygen atoms in total. The molecule has 1 aromatic carbocycles. The fourth-order valence-electron chi connectivity index (χ4n) is 1.17. The van der Waals surface area contributed by atoms with Crippen LogP contribution in [-0.4, -0.2) is 10.4 Å². The van der Waals surface area contributed by atoms with E-state index in [0.717, 1.165) is 10.5 Å². The van der Waals surface area contributed by atoms with Crippen molar-refractivity contribution in [3.8, 4) is 0 Å². The van der Waals surface area contributed by atoms with Gasteiger partial charge in [0, 0.05) is 15.8 Å². The van der Waals surface area contributed by atoms with E-state index in [2.05, 4.69) is 38.4 Å². The third-order valence-corrected chi connectivity index (χ3v) is 4.40. The van der Waals surface area contributed by atoms with Gasteiger partial charge in [-0.3, -0.25) is 4.79 Å². The van der Waals surface area contributed by atoms with Crippen LogP contribution in [0.2, 0.25) is 0 Å². The third-order valence-electron chi connectivity index (χ3n) is 2.08. The number of carbonyl (C=O) groups excluding carboxylic acids is 1. The number of alkyl halides is 1. The molecule has 94 valence electrons. The third kappa shape index (κ3) is 4.96. The van der Waals surface area contributed by atoms with Crippen molar-refractivity contribution in [2.45, 2.75) is 0 Å². The van der Waals surface area contributed by atoms with E-state index in [-0.39, 0.29) is 5.12 Å². The van der Waals surface area contributed by atoms with Gasteiger partial charge in [0.25, 0.3) is 0 Å². The monoisotopic (exact) mass is 386 g/mol. The Kier molecular flexibility index (Phi) is 7.32. The summed E-state index contributed by atoms with van der Waals surface area (Å²) in [6, 6.07) is 10.0. The Hall–Kier alpha value is -0.580. The Bertz CT molecular complexity index is 478. The highest BCUT2D eigenvalue weighted by atomic mass is 79.9. The van der Waals surface area contributed by atoms with Gasteiger partial charge in [-0.15, -0.1) is 0 Å². The first-order valence-electron chi connectivity index (χ1n) is 5.18. The topological polar surface area (TPSA) is 17.1 Å². The lowest BCUT2D eigenvalue weighted by Gasteiger charge is -1.86. The first-order valence-corrected chi connectivity index (χ1v) is 8.03. The van der Waals surface area contributed by atoms with Gasteiger partial charge in [0.1, 0.15) is 0 Å². The van der Waals surface area contributed by atoms with Crippen LogP contribution in [0.4, 0.5) is 0 Å². The molecule has 1 aliphatic rings. The SMILES string of the molecule is C=Cc1ccccc1.O=C1S/C(=C\Br)C=C1CBr. The quantitative estimate of drug-likeness (QED) is 0.653. The molecule has 1 heterocycles. The van der Waals surface area contributed by atoms with Gasteiger partial charge in [0.05, 0.1) is 0 Å². The predicted molar refractivity (Wildman–Crippen MR) is 88.0 cm³/mol. The molecule has 0 saturated heterocycles. The molecular weight excluding hydrogens is 376 g/mol. The molecule has 1 aromatic rings. The van der Waals surface area contributed by atoms with E-state index in [1.54, 1.807) is 4.99 Å². The number of benzene rings is 1. The normalized spacial score (nSPS) is 16.0. The van der Waals surface area contributed by atoms with Crippen molar-refractivity contribution in [1.29, 1.82) is 0 Å². The first-order chi connectivity index (χ1) is 8.71. The molecule has 0 N–H and O–H groups in total. The van der Waals surface area contributed by atoms with Crippen molar-refractivity contribution in [3.05, 3.63) is 64.0 Å². The van der Waals surface area contributed by atoms with Crippen LogP contribution >= 0.6 is 43.6 Å². The second kappa shape index (κ2) is 8.51. The summed E-state index contributed by atoms with van der Waals surface area (Å²) in [5, 5.41) is 0.783. The molecular formula is C14H12Br2OS. The van der Waals surface area contributed by atoms with Crippen LogP contribution in [0, 0.1) is 0 Å². The van der Waals surface area contributed by atoms with Gasteiger partial charge in [-0.05, 0) is 28.4 Å². The largest absolute Gasteiger partial charge is 0.282 e. The molecule has 0 unspecified atom stereocenters. The number of rotatable bonds is 2. The lowest BCUT2D eigenvalue weighted by molar-refractivity contribution is -0.107. The van der Waals surface area contributed by atoms with E-state index in [9.17, 15) is 4.79 Å². The average Bonchev–Trinajstić information content (AvgIpc) is 2.81. The summed E-state index contributed by atoms with van der Waals surface area (Å²) in [5.74, 6) is 0. The van der Waals surface area contributed by atoms with Crippen LogP contribution in [0.1, 0.15) is 5.56 Å². The maximum absolute atomic E-state index is 11.0. The number of halogens is 2. The number of allylic oxidation sites excluding steroid dienone is 1. The first kappa shape index (κ1) is 15.5. The maximum atomic E-state index is 11.0. The Labute approximate surface area is 128 Å². The summed E-state index contributed by atoms with van der Waals surface area (Å²) >= 11 is 7.64. The van der Waals surface area contributed by atoms with Crippen molar-refractivity contribution in [2.75, 3.05) is 5.33 Å². The second-order valence-corrected chi connectivity index (χ2v) is 5.38. The van der Waals surface area contributed by atoms with Crippen molar-refractivity contribution in [3.63, 3.8) is 0 Å². The summed E-state index contributed by atoms with van der Waals surface area (Å²) in [4.78, 5) is 13.7. The van der Waals surface area contributed by atoms with Gasteiger partial charge in [-0.25, -0.2) is 0 Å². The number of carbonyl (C=O) groups is 1. The molecule has 0 saturated carbocycles. The van der Waals surface area contributed by atoms with E-state index < -0.39 is 0 Å². The summed E-state index contributed by atoms with van der Waals surface area (Å²) in [6.07, 6.45) is 3.70. The lowest BCUT2D eigenvalue weighted by atomic mass is 10.2. The van der Waals surface area contributed by atoms with Gasteiger partial charge >= 0.3 is 0 Å². The minimum absolute atomic E-state index is 0.141. The zero-order chi connectivity index (χ0) is 13.4. The van der Waals surface area contributed by atoms with E-state index in [1.165, 1.54) is 17.3 Å². The zero-order valence-corrected chi connectivity index (χ0v) is 13.6. The zero-order valence-electron chi connectivity index (χ0n) is 9.61. The van der Waals surface area contributed by atoms with E-state index >= 15 is 0 Å². The molecule has 18 heavy (non-hydrogen) atoms. The standard InChI is InChI=1S/C8H8.C6H4Br2OS/c1-2-8-6-4-3-5-7-8;7-2-4-1-5(3-8)10-6(4)9/h2-7H,1H2;1,3H,2H2/b;5-3-. The van der Waals surface area contributed by atoms with Crippen molar-refractivity contribution in [1.82, 2.24) is 0 Å². The summed E-state index contributed by atoms with van der Waals surface area (Å²) < 4.78 is 0. The van der Waals surface area contributed by atoms with Crippen LogP contribution in [0.15, 0.2) is 58.5 Å². The molecule has 0 radical (unpaired) electrons. The van der Waals surface area contributed by atoms with Crippen molar-refractivity contribution >= 4 is 54.8 Å². The second-order valence-electron chi connectivity index (χ2n) is 3.32. The van der Waals surface area contributed by atoms with E-state index in [0.29, 0.717) is 5.33 Å². The minimum atomic E-state index is 0.141. The summed E-state index contributed by atoms with van der Waals surface area (Å²) in [7, 11) is 0.